The zero-order valence-corrected chi connectivity index (χ0v) is 13.1. The normalized spacial score (nSPS) is 12.1. The first-order valence-electron chi connectivity index (χ1n) is 6.42. The Hall–Kier alpha value is -2.62. The van der Waals surface area contributed by atoms with E-state index in [1.165, 1.54) is 38.1 Å². The number of ether oxygens (including phenoxy) is 1. The van der Waals surface area contributed by atoms with Crippen LogP contribution in [0.3, 0.4) is 0 Å². The number of carboxylic acid groups (broad SMARTS) is 1. The van der Waals surface area contributed by atoms with Gasteiger partial charge in [-0.25, -0.2) is 8.42 Å². The third-order valence-corrected chi connectivity index (χ3v) is 4.73. The van der Waals surface area contributed by atoms with Crippen molar-refractivity contribution in [2.24, 2.45) is 5.41 Å². The van der Waals surface area contributed by atoms with Crippen molar-refractivity contribution < 1.29 is 32.6 Å². The van der Waals surface area contributed by atoms with E-state index in [4.69, 9.17) is 9.84 Å². The zero-order valence-electron chi connectivity index (χ0n) is 12.3. The summed E-state index contributed by atoms with van der Waals surface area (Å²) in [4.78, 5) is 10.6. The van der Waals surface area contributed by atoms with Gasteiger partial charge in [0.25, 0.3) is 9.84 Å². The molecule has 0 unspecified atom stereocenters. The zero-order chi connectivity index (χ0) is 17.3. The Morgan fingerprint density at radius 3 is 2.57 bits per heavy atom. The highest BCUT2D eigenvalue weighted by Crippen LogP contribution is 2.26. The molecule has 0 atom stereocenters. The Bertz CT molecular complexity index is 812. The van der Waals surface area contributed by atoms with Crippen LogP contribution >= 0.6 is 0 Å². The lowest BCUT2D eigenvalue weighted by Crippen LogP contribution is -2.33. The van der Waals surface area contributed by atoms with Crippen LogP contribution in [0.4, 0.5) is 0 Å². The standard InChI is InChI=1S/C13H14N2O7S/c1-13(2,12(16)17)8-21-10-11(15(18)22-14-10)23(19,20)9-6-4-3-5-7-9/h3-7H,8H2,1-2H3,(H,16,17). The Kier molecular flexibility index (Phi) is 4.28. The van der Waals surface area contributed by atoms with Gasteiger partial charge in [0.05, 0.1) is 15.5 Å². The fourth-order valence-electron chi connectivity index (χ4n) is 1.55. The second-order valence-corrected chi connectivity index (χ2v) is 7.20. The molecule has 1 aromatic heterocycles. The van der Waals surface area contributed by atoms with E-state index < -0.39 is 38.7 Å². The van der Waals surface area contributed by atoms with Gasteiger partial charge in [-0.05, 0) is 30.9 Å². The van der Waals surface area contributed by atoms with Crippen molar-refractivity contribution in [1.82, 2.24) is 5.16 Å². The summed E-state index contributed by atoms with van der Waals surface area (Å²) < 4.78 is 34.4. The number of nitrogens with zero attached hydrogens (tertiary/aromatic N) is 2. The van der Waals surface area contributed by atoms with Gasteiger partial charge in [0.2, 0.25) is 0 Å². The first kappa shape index (κ1) is 16.7. The second kappa shape index (κ2) is 5.88. The quantitative estimate of drug-likeness (QED) is 0.756. The Balaban J connectivity index is 2.38. The highest BCUT2D eigenvalue weighted by molar-refractivity contribution is 7.91. The van der Waals surface area contributed by atoms with Gasteiger partial charge in [0.1, 0.15) is 6.61 Å². The molecule has 1 N–H and O–H groups in total. The van der Waals surface area contributed by atoms with Crippen molar-refractivity contribution in [3.05, 3.63) is 35.5 Å². The van der Waals surface area contributed by atoms with E-state index in [0.29, 0.717) is 0 Å². The van der Waals surface area contributed by atoms with Gasteiger partial charge in [-0.3, -0.25) is 9.42 Å². The molecule has 0 aliphatic heterocycles. The van der Waals surface area contributed by atoms with Gasteiger partial charge in [0.15, 0.2) is 0 Å². The minimum atomic E-state index is -4.22. The second-order valence-electron chi connectivity index (χ2n) is 5.33. The molecule has 0 fully saturated rings. The van der Waals surface area contributed by atoms with Gasteiger partial charge >= 0.3 is 16.9 Å². The van der Waals surface area contributed by atoms with Crippen LogP contribution in [-0.4, -0.2) is 31.3 Å². The van der Waals surface area contributed by atoms with Crippen LogP contribution in [0, 0.1) is 10.6 Å². The topological polar surface area (TPSA) is 134 Å². The molecule has 0 amide bonds. The minimum Gasteiger partial charge on any atom is -0.481 e. The predicted octanol–water partition coefficient (Wildman–Crippen LogP) is 0.630. The van der Waals surface area contributed by atoms with E-state index in [1.807, 2.05) is 0 Å². The van der Waals surface area contributed by atoms with Crippen molar-refractivity contribution in [2.75, 3.05) is 6.61 Å². The summed E-state index contributed by atoms with van der Waals surface area (Å²) in [5.41, 5.74) is -1.31. The van der Waals surface area contributed by atoms with E-state index in [2.05, 4.69) is 9.79 Å². The lowest BCUT2D eigenvalue weighted by atomic mass is 9.95. The summed E-state index contributed by atoms with van der Waals surface area (Å²) in [5.74, 6) is -1.73. The number of aromatic nitrogens is 2. The molecule has 0 radical (unpaired) electrons. The largest absolute Gasteiger partial charge is 0.481 e. The van der Waals surface area contributed by atoms with Crippen molar-refractivity contribution >= 4 is 15.8 Å². The van der Waals surface area contributed by atoms with Crippen LogP contribution in [0.1, 0.15) is 13.8 Å². The monoisotopic (exact) mass is 342 g/mol. The summed E-state index contributed by atoms with van der Waals surface area (Å²) in [5, 5.41) is 23.1. The van der Waals surface area contributed by atoms with Gasteiger partial charge in [0, 0.05) is 0 Å². The number of hydrogen-bond donors (Lipinski definition) is 1. The maximum atomic E-state index is 12.5. The van der Waals surface area contributed by atoms with Gasteiger partial charge in [-0.15, -0.1) is 0 Å². The number of carbonyl (C=O) groups is 1. The third-order valence-electron chi connectivity index (χ3n) is 3.00. The molecule has 0 bridgehead atoms. The highest BCUT2D eigenvalue weighted by Gasteiger charge is 2.37. The molecule has 2 aromatic rings. The summed E-state index contributed by atoms with van der Waals surface area (Å²) in [6.45, 7) is 2.37. The van der Waals surface area contributed by atoms with Crippen LogP contribution in [-0.2, 0) is 14.6 Å². The Morgan fingerprint density at radius 2 is 2.00 bits per heavy atom. The van der Waals surface area contributed by atoms with Crippen molar-refractivity contribution in [3.63, 3.8) is 0 Å². The van der Waals surface area contributed by atoms with Crippen molar-refractivity contribution in [3.8, 4) is 5.88 Å². The summed E-state index contributed by atoms with van der Waals surface area (Å²) in [6, 6.07) is 7.19. The van der Waals surface area contributed by atoms with E-state index in [0.717, 1.165) is 0 Å². The smallest absolute Gasteiger partial charge is 0.415 e. The molecule has 0 spiro atoms. The van der Waals surface area contributed by atoms with Crippen LogP contribution in [0.15, 0.2) is 44.9 Å². The summed E-state index contributed by atoms with van der Waals surface area (Å²) in [6.07, 6.45) is 0. The highest BCUT2D eigenvalue weighted by atomic mass is 32.2. The number of hydrogen-bond acceptors (Lipinski definition) is 7. The van der Waals surface area contributed by atoms with E-state index in [-0.39, 0.29) is 9.80 Å². The molecule has 0 saturated carbocycles. The molecular formula is C13H14N2O7S. The van der Waals surface area contributed by atoms with Crippen LogP contribution in [0.5, 0.6) is 5.88 Å². The van der Waals surface area contributed by atoms with Crippen molar-refractivity contribution in [2.45, 2.75) is 23.8 Å². The number of sulfone groups is 1. The van der Waals surface area contributed by atoms with Gasteiger partial charge in [-0.2, -0.15) is 0 Å². The molecule has 23 heavy (non-hydrogen) atoms. The lowest BCUT2D eigenvalue weighted by molar-refractivity contribution is -0.832. The number of rotatable bonds is 6. The fraction of sp³-hybridized carbons (Fsp3) is 0.308. The SMILES string of the molecule is CC(C)(COc1no[n+]([O-])c1S(=O)(=O)c1ccccc1)C(=O)O. The number of aliphatic carboxylic acids is 1. The minimum absolute atomic E-state index is 0.143. The molecule has 124 valence electrons. The molecule has 2 rings (SSSR count). The summed E-state index contributed by atoms with van der Waals surface area (Å²) >= 11 is 0. The number of benzene rings is 1. The summed E-state index contributed by atoms with van der Waals surface area (Å²) in [7, 11) is -4.22. The third kappa shape index (κ3) is 3.26. The van der Waals surface area contributed by atoms with Crippen LogP contribution < -0.4 is 9.64 Å². The van der Waals surface area contributed by atoms with Crippen molar-refractivity contribution in [1.29, 1.82) is 0 Å². The first-order chi connectivity index (χ1) is 10.7. The molecule has 10 heteroatoms. The molecule has 9 nitrogen and oxygen atoms in total. The average Bonchev–Trinajstić information content (AvgIpc) is 2.87. The van der Waals surface area contributed by atoms with Crippen LogP contribution in [0.25, 0.3) is 0 Å². The molecule has 0 aliphatic carbocycles. The Labute approximate surface area is 131 Å². The van der Waals surface area contributed by atoms with Crippen LogP contribution in [0.2, 0.25) is 0 Å². The van der Waals surface area contributed by atoms with Gasteiger partial charge in [-0.1, -0.05) is 18.2 Å². The molecule has 0 aliphatic rings. The number of carboxylic acids is 1. The first-order valence-corrected chi connectivity index (χ1v) is 7.90. The van der Waals surface area contributed by atoms with E-state index >= 15 is 0 Å². The van der Waals surface area contributed by atoms with E-state index in [1.54, 1.807) is 6.07 Å². The maximum Gasteiger partial charge on any atom is 0.415 e. The fourth-order valence-corrected chi connectivity index (χ4v) is 2.85. The Morgan fingerprint density at radius 1 is 1.39 bits per heavy atom. The molecule has 0 saturated heterocycles. The van der Waals surface area contributed by atoms with E-state index in [9.17, 15) is 18.4 Å². The molecule has 1 aromatic carbocycles. The predicted molar refractivity (Wildman–Crippen MR) is 74.3 cm³/mol. The molecule has 1 heterocycles. The lowest BCUT2D eigenvalue weighted by Gasteiger charge is -2.17. The van der Waals surface area contributed by atoms with Gasteiger partial charge < -0.3 is 15.1 Å². The maximum absolute atomic E-state index is 12.5. The average molecular weight is 342 g/mol. The molecular weight excluding hydrogens is 328 g/mol.